The highest BCUT2D eigenvalue weighted by molar-refractivity contribution is 7.54. The smallest absolute Gasteiger partial charge is 0.356 e. The van der Waals surface area contributed by atoms with Gasteiger partial charge in [0.25, 0.3) is 0 Å². The van der Waals surface area contributed by atoms with Crippen molar-refractivity contribution in [2.45, 2.75) is 5.78 Å². The van der Waals surface area contributed by atoms with Crippen LogP contribution >= 0.6 is 7.60 Å². The second-order valence-corrected chi connectivity index (χ2v) is 6.88. The fraction of sp³-hybridized carbons (Fsp3) is 0.188. The number of nitriles is 1. The van der Waals surface area contributed by atoms with Crippen molar-refractivity contribution in [2.24, 2.45) is 0 Å². The van der Waals surface area contributed by atoms with Crippen LogP contribution < -0.4 is 5.32 Å². The van der Waals surface area contributed by atoms with Crippen molar-refractivity contribution in [3.63, 3.8) is 0 Å². The third-order valence-corrected chi connectivity index (χ3v) is 5.34. The second kappa shape index (κ2) is 7.24. The number of hydrogen-bond acceptors (Lipinski definition) is 5. The molecule has 0 saturated carbocycles. The highest BCUT2D eigenvalue weighted by Gasteiger charge is 2.35. The molecule has 5 nitrogen and oxygen atoms in total. The highest BCUT2D eigenvalue weighted by atomic mass is 31.2. The van der Waals surface area contributed by atoms with E-state index >= 15 is 0 Å². The summed E-state index contributed by atoms with van der Waals surface area (Å²) in [4.78, 5) is 0. The van der Waals surface area contributed by atoms with Crippen LogP contribution in [0, 0.1) is 11.3 Å². The third-order valence-electron chi connectivity index (χ3n) is 3.26. The average molecular weight is 316 g/mol. The predicted molar refractivity (Wildman–Crippen MR) is 85.6 cm³/mol. The number of rotatable bonds is 6. The molecule has 0 aromatic heterocycles. The topological polar surface area (TPSA) is 71.3 Å². The molecule has 0 aliphatic rings. The van der Waals surface area contributed by atoms with Gasteiger partial charge in [-0.2, -0.15) is 5.26 Å². The van der Waals surface area contributed by atoms with Gasteiger partial charge in [0.2, 0.25) is 0 Å². The Kier molecular flexibility index (Phi) is 5.35. The van der Waals surface area contributed by atoms with E-state index in [0.29, 0.717) is 5.56 Å². The Morgan fingerprint density at radius 2 is 1.64 bits per heavy atom. The van der Waals surface area contributed by atoms with Crippen LogP contribution in [0.3, 0.4) is 0 Å². The molecule has 0 bridgehead atoms. The van der Waals surface area contributed by atoms with E-state index in [1.165, 1.54) is 14.2 Å². The van der Waals surface area contributed by atoms with Crippen LogP contribution in [0.15, 0.2) is 54.6 Å². The molecule has 0 aliphatic carbocycles. The van der Waals surface area contributed by atoms with Crippen molar-refractivity contribution in [2.75, 3.05) is 19.5 Å². The van der Waals surface area contributed by atoms with E-state index in [4.69, 9.17) is 14.3 Å². The van der Waals surface area contributed by atoms with Gasteiger partial charge in [-0.15, -0.1) is 0 Å². The van der Waals surface area contributed by atoms with Crippen LogP contribution in [0.1, 0.15) is 16.9 Å². The lowest BCUT2D eigenvalue weighted by molar-refractivity contribution is 0.268. The van der Waals surface area contributed by atoms with Crippen molar-refractivity contribution in [1.29, 1.82) is 5.26 Å². The molecule has 0 heterocycles. The maximum absolute atomic E-state index is 12.8. The lowest BCUT2D eigenvalue weighted by Crippen LogP contribution is -2.13. The van der Waals surface area contributed by atoms with Crippen molar-refractivity contribution < 1.29 is 13.6 Å². The van der Waals surface area contributed by atoms with Gasteiger partial charge in [-0.05, 0) is 29.8 Å². The summed E-state index contributed by atoms with van der Waals surface area (Å²) in [5.41, 5.74) is 2.05. The van der Waals surface area contributed by atoms with Gasteiger partial charge in [0, 0.05) is 19.9 Å². The monoisotopic (exact) mass is 316 g/mol. The minimum atomic E-state index is -3.40. The SMILES string of the molecule is COP(=O)(OC)C(Nc1ccccc1)c1ccc(C#N)cc1. The minimum Gasteiger partial charge on any atom is -0.368 e. The fourth-order valence-electron chi connectivity index (χ4n) is 2.06. The van der Waals surface area contributed by atoms with Gasteiger partial charge in [0.05, 0.1) is 11.6 Å². The van der Waals surface area contributed by atoms with Gasteiger partial charge in [0.1, 0.15) is 0 Å². The fourth-order valence-corrected chi connectivity index (χ4v) is 3.48. The Hall–Kier alpha value is -2.12. The number of nitrogens with zero attached hydrogens (tertiary/aromatic N) is 1. The summed E-state index contributed by atoms with van der Waals surface area (Å²) in [5.74, 6) is -0.669. The Labute approximate surface area is 130 Å². The average Bonchev–Trinajstić information content (AvgIpc) is 2.60. The normalized spacial score (nSPS) is 12.4. The van der Waals surface area contributed by atoms with Gasteiger partial charge in [-0.25, -0.2) is 0 Å². The zero-order valence-electron chi connectivity index (χ0n) is 12.4. The summed E-state index contributed by atoms with van der Waals surface area (Å²) in [6.07, 6.45) is 0. The standard InChI is InChI=1S/C16H17N2O3P/c1-20-22(19,21-2)16(18-15-6-4-3-5-7-15)14-10-8-13(12-17)9-11-14/h3-11,16,18H,1-2H3. The molecular weight excluding hydrogens is 299 g/mol. The molecule has 0 spiro atoms. The molecule has 6 heteroatoms. The highest BCUT2D eigenvalue weighted by Crippen LogP contribution is 2.59. The molecular formula is C16H17N2O3P. The molecule has 2 rings (SSSR count). The van der Waals surface area contributed by atoms with Crippen molar-refractivity contribution in [3.05, 3.63) is 65.7 Å². The Bertz CT molecular complexity index is 688. The van der Waals surface area contributed by atoms with E-state index in [1.54, 1.807) is 24.3 Å². The zero-order valence-corrected chi connectivity index (χ0v) is 13.3. The molecule has 0 amide bonds. The van der Waals surface area contributed by atoms with Crippen LogP contribution in [-0.2, 0) is 13.6 Å². The molecule has 114 valence electrons. The second-order valence-electron chi connectivity index (χ2n) is 4.55. The number of nitrogens with one attached hydrogen (secondary N) is 1. The molecule has 0 radical (unpaired) electrons. The molecule has 2 aromatic carbocycles. The van der Waals surface area contributed by atoms with E-state index in [1.807, 2.05) is 30.3 Å². The summed E-state index contributed by atoms with van der Waals surface area (Å²) < 4.78 is 23.1. The zero-order chi connectivity index (χ0) is 16.0. The molecule has 0 aliphatic heterocycles. The molecule has 0 saturated heterocycles. The van der Waals surface area contributed by atoms with Gasteiger partial charge in [-0.1, -0.05) is 30.3 Å². The Balaban J connectivity index is 2.40. The van der Waals surface area contributed by atoms with Gasteiger partial charge in [0.15, 0.2) is 5.78 Å². The van der Waals surface area contributed by atoms with Crippen LogP contribution in [-0.4, -0.2) is 14.2 Å². The molecule has 0 fully saturated rings. The maximum Gasteiger partial charge on any atom is 0.356 e. The third kappa shape index (κ3) is 3.55. The lowest BCUT2D eigenvalue weighted by Gasteiger charge is -2.26. The lowest BCUT2D eigenvalue weighted by atomic mass is 10.1. The van der Waals surface area contributed by atoms with E-state index in [2.05, 4.69) is 11.4 Å². The molecule has 1 unspecified atom stereocenters. The summed E-state index contributed by atoms with van der Waals surface area (Å²) in [6.45, 7) is 0. The van der Waals surface area contributed by atoms with Crippen molar-refractivity contribution >= 4 is 13.3 Å². The molecule has 2 aromatic rings. The largest absolute Gasteiger partial charge is 0.368 e. The summed E-state index contributed by atoms with van der Waals surface area (Å²) in [7, 11) is -0.687. The van der Waals surface area contributed by atoms with Crippen molar-refractivity contribution in [3.8, 4) is 6.07 Å². The van der Waals surface area contributed by atoms with E-state index in [-0.39, 0.29) is 0 Å². The van der Waals surface area contributed by atoms with Crippen LogP contribution in [0.5, 0.6) is 0 Å². The molecule has 1 N–H and O–H groups in total. The van der Waals surface area contributed by atoms with Crippen LogP contribution in [0.2, 0.25) is 0 Å². The number of benzene rings is 2. The van der Waals surface area contributed by atoms with E-state index in [0.717, 1.165) is 11.3 Å². The number of hydrogen-bond donors (Lipinski definition) is 1. The predicted octanol–water partition coefficient (Wildman–Crippen LogP) is 4.15. The molecule has 22 heavy (non-hydrogen) atoms. The van der Waals surface area contributed by atoms with Crippen LogP contribution in [0.25, 0.3) is 0 Å². The summed E-state index contributed by atoms with van der Waals surface area (Å²) in [6, 6.07) is 18.3. The summed E-state index contributed by atoms with van der Waals surface area (Å²) in [5, 5.41) is 12.1. The maximum atomic E-state index is 12.8. The quantitative estimate of drug-likeness (QED) is 0.810. The summed E-state index contributed by atoms with van der Waals surface area (Å²) >= 11 is 0. The van der Waals surface area contributed by atoms with E-state index < -0.39 is 13.4 Å². The van der Waals surface area contributed by atoms with Crippen LogP contribution in [0.4, 0.5) is 5.69 Å². The number of anilines is 1. The van der Waals surface area contributed by atoms with Crippen molar-refractivity contribution in [1.82, 2.24) is 0 Å². The first-order valence-electron chi connectivity index (χ1n) is 6.66. The first-order valence-corrected chi connectivity index (χ1v) is 8.27. The Morgan fingerprint density at radius 3 is 2.14 bits per heavy atom. The minimum absolute atomic E-state index is 0.534. The van der Waals surface area contributed by atoms with Gasteiger partial charge < -0.3 is 14.4 Å². The van der Waals surface area contributed by atoms with Gasteiger partial charge >= 0.3 is 7.60 Å². The van der Waals surface area contributed by atoms with Gasteiger partial charge in [-0.3, -0.25) is 4.57 Å². The Morgan fingerprint density at radius 1 is 1.05 bits per heavy atom. The van der Waals surface area contributed by atoms with E-state index in [9.17, 15) is 4.57 Å². The molecule has 1 atom stereocenters. The number of para-hydroxylation sites is 1. The first kappa shape index (κ1) is 16.3. The first-order chi connectivity index (χ1) is 10.6.